The standard InChI is InChI=1S/C8H9ClN2O2/c1-5-2-3-6(4-7(5)9)13-8(12)11-10/h2-4H,10H2,1H3,(H,11,12). The van der Waals surface area contributed by atoms with Crippen LogP contribution in [0.15, 0.2) is 18.2 Å². The summed E-state index contributed by atoms with van der Waals surface area (Å²) in [6.07, 6.45) is -0.722. The van der Waals surface area contributed by atoms with E-state index in [0.717, 1.165) is 5.56 Å². The Morgan fingerprint density at radius 1 is 1.62 bits per heavy atom. The molecule has 1 aromatic carbocycles. The Hall–Kier alpha value is -1.26. The highest BCUT2D eigenvalue weighted by molar-refractivity contribution is 6.31. The molecule has 1 amide bonds. The number of hydrazine groups is 1. The number of ether oxygens (including phenoxy) is 1. The molecule has 0 heterocycles. The van der Waals surface area contributed by atoms with E-state index in [-0.39, 0.29) is 0 Å². The van der Waals surface area contributed by atoms with Gasteiger partial charge in [-0.1, -0.05) is 17.7 Å². The fourth-order valence-electron chi connectivity index (χ4n) is 0.774. The maximum Gasteiger partial charge on any atom is 0.426 e. The first kappa shape index (κ1) is 9.83. The van der Waals surface area contributed by atoms with E-state index >= 15 is 0 Å². The van der Waals surface area contributed by atoms with Crippen LogP contribution in [-0.4, -0.2) is 6.09 Å². The minimum absolute atomic E-state index is 0.360. The average Bonchev–Trinajstić information content (AvgIpc) is 2.11. The van der Waals surface area contributed by atoms with E-state index in [1.165, 1.54) is 0 Å². The number of benzene rings is 1. The predicted molar refractivity (Wildman–Crippen MR) is 49.5 cm³/mol. The maximum atomic E-state index is 10.7. The molecule has 4 nitrogen and oxygen atoms in total. The monoisotopic (exact) mass is 200 g/mol. The Labute approximate surface area is 80.6 Å². The molecule has 13 heavy (non-hydrogen) atoms. The van der Waals surface area contributed by atoms with Crippen LogP contribution in [0.5, 0.6) is 5.75 Å². The van der Waals surface area contributed by atoms with Gasteiger partial charge in [0.2, 0.25) is 0 Å². The zero-order valence-corrected chi connectivity index (χ0v) is 7.76. The molecule has 0 saturated carbocycles. The molecule has 0 atom stereocenters. The Balaban J connectivity index is 2.79. The van der Waals surface area contributed by atoms with E-state index in [1.807, 2.05) is 12.3 Å². The highest BCUT2D eigenvalue weighted by Crippen LogP contribution is 2.21. The summed E-state index contributed by atoms with van der Waals surface area (Å²) in [5, 5.41) is 0.544. The molecule has 0 aliphatic rings. The van der Waals surface area contributed by atoms with Crippen molar-refractivity contribution in [3.05, 3.63) is 28.8 Å². The fraction of sp³-hybridized carbons (Fsp3) is 0.125. The number of nitrogens with one attached hydrogen (secondary N) is 1. The maximum absolute atomic E-state index is 10.7. The van der Waals surface area contributed by atoms with Gasteiger partial charge in [-0.2, -0.15) is 0 Å². The fourth-order valence-corrected chi connectivity index (χ4v) is 0.944. The van der Waals surface area contributed by atoms with E-state index in [0.29, 0.717) is 10.8 Å². The van der Waals surface area contributed by atoms with E-state index in [2.05, 4.69) is 0 Å². The highest BCUT2D eigenvalue weighted by Gasteiger charge is 2.03. The molecule has 0 fully saturated rings. The summed E-state index contributed by atoms with van der Waals surface area (Å²) in [6.45, 7) is 1.86. The van der Waals surface area contributed by atoms with Crippen molar-refractivity contribution in [1.29, 1.82) is 0 Å². The summed E-state index contributed by atoms with van der Waals surface area (Å²) in [5.74, 6) is 5.19. The van der Waals surface area contributed by atoms with E-state index in [9.17, 15) is 4.79 Å². The van der Waals surface area contributed by atoms with Crippen molar-refractivity contribution in [2.45, 2.75) is 6.92 Å². The summed E-state index contributed by atoms with van der Waals surface area (Å²) in [6, 6.07) is 4.93. The first-order valence-corrected chi connectivity index (χ1v) is 3.96. The number of aryl methyl sites for hydroxylation is 1. The van der Waals surface area contributed by atoms with Gasteiger partial charge in [0.25, 0.3) is 0 Å². The smallest absolute Gasteiger partial charge is 0.409 e. The van der Waals surface area contributed by atoms with Crippen LogP contribution in [0.1, 0.15) is 5.56 Å². The van der Waals surface area contributed by atoms with Crippen molar-refractivity contribution < 1.29 is 9.53 Å². The number of carbonyl (C=O) groups excluding carboxylic acids is 1. The Morgan fingerprint density at radius 2 is 2.31 bits per heavy atom. The molecular formula is C8H9ClN2O2. The second-order valence-corrected chi connectivity index (χ2v) is 2.85. The molecule has 0 spiro atoms. The van der Waals surface area contributed by atoms with Crippen molar-refractivity contribution in [1.82, 2.24) is 5.43 Å². The number of halogens is 1. The summed E-state index contributed by atoms with van der Waals surface area (Å²) in [5.41, 5.74) is 2.76. The molecule has 5 heteroatoms. The number of hydrogen-bond donors (Lipinski definition) is 2. The molecule has 0 aliphatic carbocycles. The van der Waals surface area contributed by atoms with Gasteiger partial charge >= 0.3 is 6.09 Å². The normalized spacial score (nSPS) is 9.46. The van der Waals surface area contributed by atoms with Crippen LogP contribution in [-0.2, 0) is 0 Å². The summed E-state index contributed by atoms with van der Waals surface area (Å²) >= 11 is 5.80. The lowest BCUT2D eigenvalue weighted by atomic mass is 10.2. The third-order valence-electron chi connectivity index (χ3n) is 1.47. The van der Waals surface area contributed by atoms with Crippen LogP contribution in [0.4, 0.5) is 4.79 Å². The molecule has 0 aliphatic heterocycles. The Morgan fingerprint density at radius 3 is 2.85 bits per heavy atom. The number of hydrogen-bond acceptors (Lipinski definition) is 3. The van der Waals surface area contributed by atoms with Crippen molar-refractivity contribution >= 4 is 17.7 Å². The lowest BCUT2D eigenvalue weighted by Gasteiger charge is -2.04. The van der Waals surface area contributed by atoms with Crippen LogP contribution >= 0.6 is 11.6 Å². The third-order valence-corrected chi connectivity index (χ3v) is 1.88. The van der Waals surface area contributed by atoms with E-state index in [4.69, 9.17) is 22.2 Å². The molecule has 1 aromatic rings. The second-order valence-electron chi connectivity index (χ2n) is 2.44. The number of rotatable bonds is 1. The van der Waals surface area contributed by atoms with Crippen molar-refractivity contribution in [2.24, 2.45) is 5.84 Å². The van der Waals surface area contributed by atoms with E-state index < -0.39 is 6.09 Å². The molecule has 0 unspecified atom stereocenters. The van der Waals surface area contributed by atoms with Gasteiger partial charge in [0.15, 0.2) is 0 Å². The molecule has 0 saturated heterocycles. The summed E-state index contributed by atoms with van der Waals surface area (Å²) < 4.78 is 4.74. The van der Waals surface area contributed by atoms with Crippen molar-refractivity contribution in [3.8, 4) is 5.75 Å². The second kappa shape index (κ2) is 4.11. The third kappa shape index (κ3) is 2.61. The number of amides is 1. The van der Waals surface area contributed by atoms with Crippen LogP contribution in [0.3, 0.4) is 0 Å². The predicted octanol–water partition coefficient (Wildman–Crippen LogP) is 1.61. The average molecular weight is 201 g/mol. The first-order valence-electron chi connectivity index (χ1n) is 3.58. The SMILES string of the molecule is Cc1ccc(OC(=O)NN)cc1Cl. The molecule has 0 bridgehead atoms. The number of carbonyl (C=O) groups is 1. The van der Waals surface area contributed by atoms with Crippen molar-refractivity contribution in [2.75, 3.05) is 0 Å². The molecular weight excluding hydrogens is 192 g/mol. The summed E-state index contributed by atoms with van der Waals surface area (Å²) in [4.78, 5) is 10.7. The molecule has 0 aromatic heterocycles. The minimum Gasteiger partial charge on any atom is -0.409 e. The molecule has 0 radical (unpaired) electrons. The van der Waals surface area contributed by atoms with Gasteiger partial charge in [0.05, 0.1) is 0 Å². The number of nitrogens with two attached hydrogens (primary N) is 1. The Kier molecular flexibility index (Phi) is 3.11. The van der Waals surface area contributed by atoms with Crippen molar-refractivity contribution in [3.63, 3.8) is 0 Å². The zero-order valence-electron chi connectivity index (χ0n) is 7.00. The van der Waals surface area contributed by atoms with Crippen LogP contribution in [0, 0.1) is 6.92 Å². The van der Waals surface area contributed by atoms with Gasteiger partial charge in [-0.05, 0) is 24.6 Å². The van der Waals surface area contributed by atoms with Gasteiger partial charge in [-0.25, -0.2) is 10.6 Å². The van der Waals surface area contributed by atoms with E-state index in [1.54, 1.807) is 18.2 Å². The quantitative estimate of drug-likeness (QED) is 0.411. The minimum atomic E-state index is -0.722. The lowest BCUT2D eigenvalue weighted by Crippen LogP contribution is -2.32. The molecule has 1 rings (SSSR count). The zero-order chi connectivity index (χ0) is 9.84. The van der Waals surface area contributed by atoms with Gasteiger partial charge in [0, 0.05) is 5.02 Å². The lowest BCUT2D eigenvalue weighted by molar-refractivity contribution is 0.200. The largest absolute Gasteiger partial charge is 0.426 e. The van der Waals surface area contributed by atoms with Gasteiger partial charge in [0.1, 0.15) is 5.75 Å². The topological polar surface area (TPSA) is 64.3 Å². The van der Waals surface area contributed by atoms with Gasteiger partial charge < -0.3 is 4.74 Å². The Bertz CT molecular complexity index is 328. The van der Waals surface area contributed by atoms with Crippen LogP contribution < -0.4 is 16.0 Å². The first-order chi connectivity index (χ1) is 6.13. The van der Waals surface area contributed by atoms with Gasteiger partial charge in [-0.15, -0.1) is 0 Å². The highest BCUT2D eigenvalue weighted by atomic mass is 35.5. The molecule has 3 N–H and O–H groups in total. The summed E-state index contributed by atoms with van der Waals surface area (Å²) in [7, 11) is 0. The van der Waals surface area contributed by atoms with Crippen LogP contribution in [0.2, 0.25) is 5.02 Å². The van der Waals surface area contributed by atoms with Crippen LogP contribution in [0.25, 0.3) is 0 Å². The van der Waals surface area contributed by atoms with Gasteiger partial charge in [-0.3, -0.25) is 5.43 Å². The molecule has 70 valence electrons.